The van der Waals surface area contributed by atoms with Crippen LogP contribution in [0.3, 0.4) is 0 Å². The van der Waals surface area contributed by atoms with Gasteiger partial charge in [-0.1, -0.05) is 0 Å². The van der Waals surface area contributed by atoms with E-state index in [4.69, 9.17) is 9.47 Å². The number of carbonyl (C=O) groups is 2. The van der Waals surface area contributed by atoms with Crippen molar-refractivity contribution in [1.29, 1.82) is 0 Å². The Morgan fingerprint density at radius 1 is 0.923 bits per heavy atom. The number of methoxy groups -OCH3 is 2. The first-order valence-corrected chi connectivity index (χ1v) is 8.15. The van der Waals surface area contributed by atoms with Crippen LogP contribution in [0.2, 0.25) is 0 Å². The molecule has 0 atom stereocenters. The lowest BCUT2D eigenvalue weighted by atomic mass is 10.2. The predicted octanol–water partition coefficient (Wildman–Crippen LogP) is 3.10. The molecule has 0 heterocycles. The van der Waals surface area contributed by atoms with Gasteiger partial charge in [0.05, 0.1) is 19.9 Å². The van der Waals surface area contributed by atoms with Crippen molar-refractivity contribution in [2.45, 2.75) is 13.3 Å². The zero-order valence-electron chi connectivity index (χ0n) is 15.1. The van der Waals surface area contributed by atoms with E-state index in [1.54, 1.807) is 50.6 Å². The number of anilines is 3. The Balaban J connectivity index is 1.84. The van der Waals surface area contributed by atoms with Crippen molar-refractivity contribution in [3.8, 4) is 11.5 Å². The van der Waals surface area contributed by atoms with Crippen LogP contribution in [-0.4, -0.2) is 32.6 Å². The van der Waals surface area contributed by atoms with Crippen LogP contribution in [0, 0.1) is 0 Å². The Morgan fingerprint density at radius 3 is 2.15 bits per heavy atom. The molecule has 0 fully saturated rings. The highest BCUT2D eigenvalue weighted by Gasteiger charge is 2.07. The van der Waals surface area contributed by atoms with Gasteiger partial charge in [-0.2, -0.15) is 0 Å². The highest BCUT2D eigenvalue weighted by Crippen LogP contribution is 2.28. The van der Waals surface area contributed by atoms with Crippen molar-refractivity contribution < 1.29 is 19.1 Å². The molecule has 2 rings (SSSR count). The van der Waals surface area contributed by atoms with Crippen LogP contribution in [0.15, 0.2) is 42.5 Å². The Bertz CT molecular complexity index is 760. The first-order valence-electron chi connectivity index (χ1n) is 8.15. The molecule has 0 spiro atoms. The van der Waals surface area contributed by atoms with Gasteiger partial charge in [0.2, 0.25) is 11.8 Å². The van der Waals surface area contributed by atoms with Gasteiger partial charge < -0.3 is 25.4 Å². The van der Waals surface area contributed by atoms with Gasteiger partial charge >= 0.3 is 0 Å². The Morgan fingerprint density at radius 2 is 1.58 bits per heavy atom. The van der Waals surface area contributed by atoms with Crippen molar-refractivity contribution in [2.24, 2.45) is 0 Å². The van der Waals surface area contributed by atoms with E-state index in [1.807, 2.05) is 6.07 Å². The molecule has 0 radical (unpaired) electrons. The summed E-state index contributed by atoms with van der Waals surface area (Å²) in [5.41, 5.74) is 2.12. The van der Waals surface area contributed by atoms with Crippen LogP contribution in [0.4, 0.5) is 17.1 Å². The van der Waals surface area contributed by atoms with E-state index in [0.29, 0.717) is 29.4 Å². The minimum Gasteiger partial charge on any atom is -0.497 e. The number of benzene rings is 2. The third-order valence-corrected chi connectivity index (χ3v) is 3.56. The fourth-order valence-corrected chi connectivity index (χ4v) is 2.33. The van der Waals surface area contributed by atoms with Gasteiger partial charge in [-0.15, -0.1) is 0 Å². The van der Waals surface area contributed by atoms with Crippen molar-refractivity contribution >= 4 is 28.9 Å². The molecular formula is C19H23N3O4. The van der Waals surface area contributed by atoms with E-state index in [2.05, 4.69) is 16.0 Å². The van der Waals surface area contributed by atoms with Crippen LogP contribution in [0.1, 0.15) is 13.3 Å². The van der Waals surface area contributed by atoms with Crippen molar-refractivity contribution in [2.75, 3.05) is 36.7 Å². The minimum absolute atomic E-state index is 0.119. The van der Waals surface area contributed by atoms with E-state index in [-0.39, 0.29) is 18.2 Å². The van der Waals surface area contributed by atoms with Gasteiger partial charge in [-0.25, -0.2) is 0 Å². The van der Waals surface area contributed by atoms with Gasteiger partial charge in [-0.3, -0.25) is 9.59 Å². The highest BCUT2D eigenvalue weighted by atomic mass is 16.5. The zero-order valence-corrected chi connectivity index (χ0v) is 15.1. The summed E-state index contributed by atoms with van der Waals surface area (Å²) >= 11 is 0. The zero-order chi connectivity index (χ0) is 18.9. The summed E-state index contributed by atoms with van der Waals surface area (Å²) in [4.78, 5) is 23.1. The van der Waals surface area contributed by atoms with Crippen LogP contribution in [0.5, 0.6) is 11.5 Å². The number of ether oxygens (including phenoxy) is 2. The summed E-state index contributed by atoms with van der Waals surface area (Å²) in [7, 11) is 3.18. The van der Waals surface area contributed by atoms with Crippen molar-refractivity contribution in [3.63, 3.8) is 0 Å². The van der Waals surface area contributed by atoms with Gasteiger partial charge in [0.1, 0.15) is 11.5 Å². The molecule has 7 heteroatoms. The molecule has 3 N–H and O–H groups in total. The summed E-state index contributed by atoms with van der Waals surface area (Å²) in [5.74, 6) is 1.13. The second-order valence-corrected chi connectivity index (χ2v) is 5.55. The molecule has 0 aromatic heterocycles. The molecule has 0 aliphatic heterocycles. The lowest BCUT2D eigenvalue weighted by Crippen LogP contribution is -2.16. The van der Waals surface area contributed by atoms with Crippen LogP contribution >= 0.6 is 0 Å². The van der Waals surface area contributed by atoms with E-state index in [0.717, 1.165) is 5.69 Å². The largest absolute Gasteiger partial charge is 0.497 e. The van der Waals surface area contributed by atoms with E-state index in [9.17, 15) is 9.59 Å². The lowest BCUT2D eigenvalue weighted by Gasteiger charge is -2.12. The number of amides is 2. The second-order valence-electron chi connectivity index (χ2n) is 5.55. The first kappa shape index (κ1) is 19.1. The smallest absolute Gasteiger partial charge is 0.226 e. The topological polar surface area (TPSA) is 88.7 Å². The molecule has 0 aliphatic rings. The number of hydrogen-bond donors (Lipinski definition) is 3. The fourth-order valence-electron chi connectivity index (χ4n) is 2.33. The molecule has 0 unspecified atom stereocenters. The van der Waals surface area contributed by atoms with Gasteiger partial charge in [-0.05, 0) is 36.4 Å². The summed E-state index contributed by atoms with van der Waals surface area (Å²) in [6, 6.07) is 12.4. The van der Waals surface area contributed by atoms with E-state index in [1.165, 1.54) is 6.92 Å². The monoisotopic (exact) mass is 357 g/mol. The van der Waals surface area contributed by atoms with Gasteiger partial charge in [0.25, 0.3) is 0 Å². The summed E-state index contributed by atoms with van der Waals surface area (Å²) in [6.45, 7) is 1.89. The quantitative estimate of drug-likeness (QED) is 0.676. The fraction of sp³-hybridized carbons (Fsp3) is 0.263. The first-order chi connectivity index (χ1) is 12.5. The number of carbonyl (C=O) groups excluding carboxylic acids is 2. The minimum atomic E-state index is -0.138. The molecule has 2 aromatic rings. The molecule has 0 bridgehead atoms. The van der Waals surface area contributed by atoms with Crippen LogP contribution in [-0.2, 0) is 9.59 Å². The molecule has 2 aromatic carbocycles. The normalized spacial score (nSPS) is 9.96. The Labute approximate surface area is 152 Å². The van der Waals surface area contributed by atoms with Crippen molar-refractivity contribution in [1.82, 2.24) is 0 Å². The summed E-state index contributed by atoms with van der Waals surface area (Å²) in [5, 5.41) is 8.66. The molecule has 7 nitrogen and oxygen atoms in total. The molecule has 2 amide bonds. The van der Waals surface area contributed by atoms with Crippen LogP contribution < -0.4 is 25.4 Å². The van der Waals surface area contributed by atoms with Crippen LogP contribution in [0.25, 0.3) is 0 Å². The third-order valence-electron chi connectivity index (χ3n) is 3.56. The van der Waals surface area contributed by atoms with E-state index >= 15 is 0 Å². The highest BCUT2D eigenvalue weighted by molar-refractivity contribution is 5.92. The summed E-state index contributed by atoms with van der Waals surface area (Å²) < 4.78 is 10.5. The Hall–Kier alpha value is -3.22. The molecule has 0 saturated carbocycles. The third kappa shape index (κ3) is 5.70. The molecular weight excluding hydrogens is 334 g/mol. The van der Waals surface area contributed by atoms with Crippen molar-refractivity contribution in [3.05, 3.63) is 42.5 Å². The standard InChI is InChI=1S/C19H23N3O4/c1-13(23)21-14-4-6-15(7-5-14)22-19(24)10-11-20-17-12-16(25-2)8-9-18(17)26-3/h4-9,12,20H,10-11H2,1-3H3,(H,21,23)(H,22,24). The maximum absolute atomic E-state index is 12.1. The van der Waals surface area contributed by atoms with Gasteiger partial charge in [0, 0.05) is 37.3 Å². The number of hydrogen-bond acceptors (Lipinski definition) is 5. The molecule has 0 saturated heterocycles. The summed E-state index contributed by atoms with van der Waals surface area (Å²) in [6.07, 6.45) is 0.286. The maximum Gasteiger partial charge on any atom is 0.226 e. The second kappa shape index (κ2) is 9.31. The predicted molar refractivity (Wildman–Crippen MR) is 102 cm³/mol. The average molecular weight is 357 g/mol. The molecule has 0 aliphatic carbocycles. The number of rotatable bonds is 8. The van der Waals surface area contributed by atoms with Gasteiger partial charge in [0.15, 0.2) is 0 Å². The average Bonchev–Trinajstić information content (AvgIpc) is 2.62. The molecule has 26 heavy (non-hydrogen) atoms. The van der Waals surface area contributed by atoms with E-state index < -0.39 is 0 Å². The maximum atomic E-state index is 12.1. The Kier molecular flexibility index (Phi) is 6.84. The molecule has 138 valence electrons. The number of nitrogens with one attached hydrogen (secondary N) is 3. The SMILES string of the molecule is COc1ccc(OC)c(NCCC(=O)Nc2ccc(NC(C)=O)cc2)c1. The lowest BCUT2D eigenvalue weighted by molar-refractivity contribution is -0.116.